The SMILES string of the molecule is CC(C)(C)OC(=O)N[C@H]1C[C@H](Nc2ccc(C(F)(F)F)cn2)C1.Fc1ccc(C(F)(F)F)cn1. The van der Waals surface area contributed by atoms with Gasteiger partial charge in [0.15, 0.2) is 0 Å². The highest BCUT2D eigenvalue weighted by atomic mass is 19.4. The molecular weight excluding hydrogens is 473 g/mol. The number of nitrogens with one attached hydrogen (secondary N) is 2. The number of ether oxygens (including phenoxy) is 1. The lowest BCUT2D eigenvalue weighted by atomic mass is 9.87. The van der Waals surface area contributed by atoms with Gasteiger partial charge in [-0.2, -0.15) is 30.7 Å². The minimum absolute atomic E-state index is 0.00296. The van der Waals surface area contributed by atoms with E-state index >= 15 is 0 Å². The molecule has 13 heteroatoms. The van der Waals surface area contributed by atoms with Gasteiger partial charge in [0, 0.05) is 24.5 Å². The fourth-order valence-corrected chi connectivity index (χ4v) is 2.73. The molecule has 1 aliphatic carbocycles. The molecule has 0 spiro atoms. The zero-order valence-electron chi connectivity index (χ0n) is 18.4. The van der Waals surface area contributed by atoms with Crippen molar-refractivity contribution in [3.05, 3.63) is 53.7 Å². The summed E-state index contributed by atoms with van der Waals surface area (Å²) in [5.74, 6) is -0.531. The number of alkyl carbamates (subject to hydrolysis) is 1. The first-order valence-corrected chi connectivity index (χ1v) is 10.0. The third kappa shape index (κ3) is 9.02. The van der Waals surface area contributed by atoms with Gasteiger partial charge in [0.25, 0.3) is 0 Å². The van der Waals surface area contributed by atoms with Crippen LogP contribution in [0.1, 0.15) is 44.7 Å². The summed E-state index contributed by atoms with van der Waals surface area (Å²) in [6, 6.07) is 3.67. The van der Waals surface area contributed by atoms with Crippen LogP contribution in [0.5, 0.6) is 0 Å². The number of anilines is 1. The fourth-order valence-electron chi connectivity index (χ4n) is 2.73. The molecule has 0 unspecified atom stereocenters. The summed E-state index contributed by atoms with van der Waals surface area (Å²) in [5, 5.41) is 5.79. The summed E-state index contributed by atoms with van der Waals surface area (Å²) in [5.41, 5.74) is -2.27. The highest BCUT2D eigenvalue weighted by Crippen LogP contribution is 2.30. The second kappa shape index (κ2) is 10.4. The number of rotatable bonds is 3. The summed E-state index contributed by atoms with van der Waals surface area (Å²) in [6.07, 6.45) is -6.70. The van der Waals surface area contributed by atoms with E-state index in [0.29, 0.717) is 37.0 Å². The average molecular weight is 496 g/mol. The Morgan fingerprint density at radius 1 is 0.882 bits per heavy atom. The summed E-state index contributed by atoms with van der Waals surface area (Å²) < 4.78 is 89.7. The Bertz CT molecular complexity index is 934. The van der Waals surface area contributed by atoms with Crippen LogP contribution >= 0.6 is 0 Å². The molecule has 0 bridgehead atoms. The van der Waals surface area contributed by atoms with E-state index in [2.05, 4.69) is 20.6 Å². The van der Waals surface area contributed by atoms with Gasteiger partial charge < -0.3 is 15.4 Å². The van der Waals surface area contributed by atoms with Crippen molar-refractivity contribution in [1.29, 1.82) is 0 Å². The van der Waals surface area contributed by atoms with Crippen LogP contribution in [0, 0.1) is 5.95 Å². The maximum absolute atomic E-state index is 12.4. The minimum Gasteiger partial charge on any atom is -0.444 e. The van der Waals surface area contributed by atoms with Gasteiger partial charge in [-0.3, -0.25) is 0 Å². The molecule has 6 nitrogen and oxygen atoms in total. The van der Waals surface area contributed by atoms with Crippen LogP contribution in [0.3, 0.4) is 0 Å². The molecule has 34 heavy (non-hydrogen) atoms. The number of carbonyl (C=O) groups excluding carboxylic acids is 1. The van der Waals surface area contributed by atoms with Gasteiger partial charge in [0.05, 0.1) is 11.1 Å². The predicted molar refractivity (Wildman–Crippen MR) is 108 cm³/mol. The maximum atomic E-state index is 12.4. The van der Waals surface area contributed by atoms with Gasteiger partial charge in [-0.1, -0.05) is 0 Å². The van der Waals surface area contributed by atoms with Crippen LogP contribution in [-0.4, -0.2) is 33.7 Å². The molecule has 0 atom stereocenters. The summed E-state index contributed by atoms with van der Waals surface area (Å²) in [6.45, 7) is 5.36. The molecule has 1 amide bonds. The standard InChI is InChI=1S/C15H20F3N3O2.C6H3F4N/c1-14(2,3)23-13(22)21-11-6-10(7-11)20-12-5-4-9(8-19-12)15(16,17)18;7-5-2-1-4(3-11-5)6(8,9)10/h4-5,8,10-11H,6-7H2,1-3H3,(H,19,20)(H,21,22);1-3H/t10-,11-;. The molecule has 2 N–H and O–H groups in total. The van der Waals surface area contributed by atoms with E-state index in [-0.39, 0.29) is 12.1 Å². The van der Waals surface area contributed by atoms with E-state index in [1.54, 1.807) is 20.8 Å². The van der Waals surface area contributed by atoms with E-state index in [0.717, 1.165) is 12.3 Å². The van der Waals surface area contributed by atoms with Crippen molar-refractivity contribution in [3.63, 3.8) is 0 Å². The van der Waals surface area contributed by atoms with Crippen molar-refractivity contribution >= 4 is 11.9 Å². The molecule has 188 valence electrons. The first-order valence-electron chi connectivity index (χ1n) is 10.0. The zero-order chi connectivity index (χ0) is 25.7. The van der Waals surface area contributed by atoms with Crippen LogP contribution < -0.4 is 10.6 Å². The largest absolute Gasteiger partial charge is 0.444 e. The van der Waals surface area contributed by atoms with Crippen LogP contribution in [0.15, 0.2) is 36.7 Å². The highest BCUT2D eigenvalue weighted by molar-refractivity contribution is 5.68. The summed E-state index contributed by atoms with van der Waals surface area (Å²) >= 11 is 0. The van der Waals surface area contributed by atoms with Gasteiger partial charge in [0.2, 0.25) is 5.95 Å². The van der Waals surface area contributed by atoms with Crippen molar-refractivity contribution in [1.82, 2.24) is 15.3 Å². The molecule has 0 radical (unpaired) electrons. The molecule has 1 saturated carbocycles. The summed E-state index contributed by atoms with van der Waals surface area (Å²) in [4.78, 5) is 18.2. The first-order chi connectivity index (χ1) is 15.5. The zero-order valence-corrected chi connectivity index (χ0v) is 18.4. The van der Waals surface area contributed by atoms with Gasteiger partial charge in [-0.05, 0) is 57.9 Å². The molecule has 2 aromatic heterocycles. The number of hydrogen-bond acceptors (Lipinski definition) is 5. The Morgan fingerprint density at radius 3 is 1.82 bits per heavy atom. The van der Waals surface area contributed by atoms with Gasteiger partial charge in [-0.15, -0.1) is 0 Å². The third-order valence-electron chi connectivity index (χ3n) is 4.36. The van der Waals surface area contributed by atoms with E-state index in [1.165, 1.54) is 6.07 Å². The third-order valence-corrected chi connectivity index (χ3v) is 4.36. The van der Waals surface area contributed by atoms with Crippen molar-refractivity contribution < 1.29 is 40.3 Å². The number of aromatic nitrogens is 2. The van der Waals surface area contributed by atoms with E-state index in [4.69, 9.17) is 4.74 Å². The topological polar surface area (TPSA) is 76.1 Å². The lowest BCUT2D eigenvalue weighted by molar-refractivity contribution is -0.138. The molecule has 3 rings (SSSR count). The van der Waals surface area contributed by atoms with Crippen LogP contribution in [0.2, 0.25) is 0 Å². The Morgan fingerprint density at radius 2 is 1.41 bits per heavy atom. The van der Waals surface area contributed by atoms with Crippen molar-refractivity contribution in [2.75, 3.05) is 5.32 Å². The lowest BCUT2D eigenvalue weighted by Gasteiger charge is -2.36. The number of pyridine rings is 2. The van der Waals surface area contributed by atoms with Crippen molar-refractivity contribution in [2.45, 2.75) is 63.7 Å². The minimum atomic E-state index is -4.44. The van der Waals surface area contributed by atoms with Crippen molar-refractivity contribution in [2.24, 2.45) is 0 Å². The van der Waals surface area contributed by atoms with E-state index < -0.39 is 41.1 Å². The Hall–Kier alpha value is -3.12. The quantitative estimate of drug-likeness (QED) is 0.415. The number of hydrogen-bond donors (Lipinski definition) is 2. The number of halogens is 7. The second-order valence-corrected chi connectivity index (χ2v) is 8.45. The maximum Gasteiger partial charge on any atom is 0.417 e. The van der Waals surface area contributed by atoms with Gasteiger partial charge >= 0.3 is 18.4 Å². The molecule has 2 heterocycles. The number of carbonyl (C=O) groups is 1. The van der Waals surface area contributed by atoms with Crippen molar-refractivity contribution in [3.8, 4) is 0 Å². The molecule has 0 aliphatic heterocycles. The number of nitrogens with zero attached hydrogens (tertiary/aromatic N) is 2. The van der Waals surface area contributed by atoms with Gasteiger partial charge in [0.1, 0.15) is 11.4 Å². The molecular formula is C21H23F7N4O2. The monoisotopic (exact) mass is 496 g/mol. The molecule has 0 saturated heterocycles. The Kier molecular flexibility index (Phi) is 8.32. The fraction of sp³-hybridized carbons (Fsp3) is 0.476. The Labute approximate surface area is 190 Å². The Balaban J connectivity index is 0.000000310. The average Bonchev–Trinajstić information content (AvgIpc) is 2.64. The molecule has 2 aromatic rings. The van der Waals surface area contributed by atoms with Crippen LogP contribution in [-0.2, 0) is 17.1 Å². The van der Waals surface area contributed by atoms with Crippen LogP contribution in [0.4, 0.5) is 41.3 Å². The van der Waals surface area contributed by atoms with Gasteiger partial charge in [-0.25, -0.2) is 14.8 Å². The van der Waals surface area contributed by atoms with Crippen LogP contribution in [0.25, 0.3) is 0 Å². The molecule has 1 fully saturated rings. The normalized spacial score (nSPS) is 18.2. The highest BCUT2D eigenvalue weighted by Gasteiger charge is 2.33. The van der Waals surface area contributed by atoms with E-state index in [1.807, 2.05) is 0 Å². The number of alkyl halides is 6. The second-order valence-electron chi connectivity index (χ2n) is 8.45. The molecule has 1 aliphatic rings. The predicted octanol–water partition coefficient (Wildman–Crippen LogP) is 5.81. The lowest BCUT2D eigenvalue weighted by Crippen LogP contribution is -2.50. The number of amides is 1. The summed E-state index contributed by atoms with van der Waals surface area (Å²) in [7, 11) is 0. The van der Waals surface area contributed by atoms with E-state index in [9.17, 15) is 35.5 Å². The first kappa shape index (κ1) is 27.1. The smallest absolute Gasteiger partial charge is 0.417 e. The molecule has 0 aromatic carbocycles.